The number of hydrogen-bond donors (Lipinski definition) is 0. The average Bonchev–Trinajstić information content (AvgIpc) is 2.77. The van der Waals surface area contributed by atoms with Gasteiger partial charge in [-0.05, 0) is 18.4 Å². The second kappa shape index (κ2) is 6.94. The highest BCUT2D eigenvalue weighted by Gasteiger charge is 2.40. The summed E-state index contributed by atoms with van der Waals surface area (Å²) in [6.45, 7) is 6.94. The van der Waals surface area contributed by atoms with Gasteiger partial charge in [0.15, 0.2) is 0 Å². The second-order valence-corrected chi connectivity index (χ2v) is 8.14. The van der Waals surface area contributed by atoms with E-state index in [-0.39, 0.29) is 18.0 Å². The molecule has 0 N–H and O–H groups in total. The molecule has 1 aromatic carbocycles. The predicted molar refractivity (Wildman–Crippen MR) is 89.0 cm³/mol. The highest BCUT2D eigenvalue weighted by Crippen LogP contribution is 2.30. The lowest BCUT2D eigenvalue weighted by Crippen LogP contribution is -2.46. The molecule has 0 saturated heterocycles. The SMILES string of the molecule is CC1=C[C@H](C(C)C)N(S(C)(=O)=O)[C@H]1COCc1ccccc1. The zero-order valence-corrected chi connectivity index (χ0v) is 14.5. The Morgan fingerprint density at radius 2 is 1.86 bits per heavy atom. The Morgan fingerprint density at radius 1 is 1.23 bits per heavy atom. The number of hydrogen-bond acceptors (Lipinski definition) is 3. The summed E-state index contributed by atoms with van der Waals surface area (Å²) in [4.78, 5) is 0. The summed E-state index contributed by atoms with van der Waals surface area (Å²) in [5.74, 6) is 0.240. The lowest BCUT2D eigenvalue weighted by Gasteiger charge is -2.31. The van der Waals surface area contributed by atoms with Crippen LogP contribution in [-0.2, 0) is 21.4 Å². The monoisotopic (exact) mass is 323 g/mol. The lowest BCUT2D eigenvalue weighted by atomic mass is 10.1. The van der Waals surface area contributed by atoms with Crippen molar-refractivity contribution in [1.29, 1.82) is 0 Å². The lowest BCUT2D eigenvalue weighted by molar-refractivity contribution is 0.0849. The van der Waals surface area contributed by atoms with Crippen LogP contribution in [0.5, 0.6) is 0 Å². The van der Waals surface area contributed by atoms with Gasteiger partial charge in [-0.2, -0.15) is 4.31 Å². The minimum absolute atomic E-state index is 0.0830. The van der Waals surface area contributed by atoms with Crippen LogP contribution >= 0.6 is 0 Å². The van der Waals surface area contributed by atoms with Gasteiger partial charge in [0.05, 0.1) is 25.5 Å². The van der Waals surface area contributed by atoms with Crippen LogP contribution in [0.2, 0.25) is 0 Å². The van der Waals surface area contributed by atoms with Crippen LogP contribution in [0.25, 0.3) is 0 Å². The van der Waals surface area contributed by atoms with Crippen LogP contribution < -0.4 is 0 Å². The van der Waals surface area contributed by atoms with E-state index in [1.165, 1.54) is 6.26 Å². The first-order valence-electron chi connectivity index (χ1n) is 7.59. The minimum Gasteiger partial charge on any atom is -0.375 e. The Morgan fingerprint density at radius 3 is 2.41 bits per heavy atom. The standard InChI is InChI=1S/C17H25NO3S/c1-13(2)16-10-14(3)17(18(16)22(4,19)20)12-21-11-15-8-6-5-7-9-15/h5-10,13,16-17H,11-12H2,1-4H3/t16-,17+/m1/s1. The van der Waals surface area contributed by atoms with E-state index >= 15 is 0 Å². The summed E-state index contributed by atoms with van der Waals surface area (Å²) < 4.78 is 31.7. The maximum absolute atomic E-state index is 12.2. The van der Waals surface area contributed by atoms with Gasteiger partial charge in [-0.1, -0.05) is 55.8 Å². The number of benzene rings is 1. The zero-order valence-electron chi connectivity index (χ0n) is 13.7. The first kappa shape index (κ1) is 17.2. The number of nitrogens with zero attached hydrogens (tertiary/aromatic N) is 1. The highest BCUT2D eigenvalue weighted by molar-refractivity contribution is 7.88. The highest BCUT2D eigenvalue weighted by atomic mass is 32.2. The molecular formula is C17H25NO3S. The van der Waals surface area contributed by atoms with Crippen molar-refractivity contribution < 1.29 is 13.2 Å². The molecule has 0 spiro atoms. The normalized spacial score (nSPS) is 23.0. The molecule has 5 heteroatoms. The van der Waals surface area contributed by atoms with E-state index in [1.807, 2.05) is 51.1 Å². The van der Waals surface area contributed by atoms with Gasteiger partial charge in [-0.15, -0.1) is 0 Å². The Hall–Kier alpha value is -1.17. The molecule has 0 aliphatic carbocycles. The summed E-state index contributed by atoms with van der Waals surface area (Å²) in [6.07, 6.45) is 3.33. The van der Waals surface area contributed by atoms with E-state index in [0.717, 1.165) is 11.1 Å². The first-order valence-corrected chi connectivity index (χ1v) is 9.44. The molecule has 122 valence electrons. The maximum atomic E-state index is 12.2. The van der Waals surface area contributed by atoms with E-state index < -0.39 is 10.0 Å². The molecule has 4 nitrogen and oxygen atoms in total. The molecule has 2 atom stereocenters. The van der Waals surface area contributed by atoms with Crippen molar-refractivity contribution in [3.63, 3.8) is 0 Å². The number of sulfonamides is 1. The van der Waals surface area contributed by atoms with Crippen molar-refractivity contribution in [2.75, 3.05) is 12.9 Å². The third-order valence-corrected chi connectivity index (χ3v) is 5.28. The van der Waals surface area contributed by atoms with Crippen molar-refractivity contribution in [1.82, 2.24) is 4.31 Å². The summed E-state index contributed by atoms with van der Waals surface area (Å²) in [7, 11) is -3.27. The first-order chi connectivity index (χ1) is 10.3. The fourth-order valence-electron chi connectivity index (χ4n) is 2.87. The molecule has 1 aliphatic rings. The van der Waals surface area contributed by atoms with E-state index in [9.17, 15) is 8.42 Å². The quantitative estimate of drug-likeness (QED) is 0.756. The van der Waals surface area contributed by atoms with Crippen molar-refractivity contribution in [3.8, 4) is 0 Å². The van der Waals surface area contributed by atoms with Crippen molar-refractivity contribution in [2.45, 2.75) is 39.5 Å². The molecule has 0 unspecified atom stereocenters. The van der Waals surface area contributed by atoms with Crippen LogP contribution in [0.15, 0.2) is 42.0 Å². The third kappa shape index (κ3) is 3.97. The van der Waals surface area contributed by atoms with E-state index in [1.54, 1.807) is 4.31 Å². The van der Waals surface area contributed by atoms with Crippen molar-refractivity contribution in [3.05, 3.63) is 47.5 Å². The van der Waals surface area contributed by atoms with Crippen LogP contribution in [-0.4, -0.2) is 37.7 Å². The van der Waals surface area contributed by atoms with Gasteiger partial charge in [0.2, 0.25) is 10.0 Å². The molecule has 0 amide bonds. The molecule has 0 saturated carbocycles. The molecule has 0 radical (unpaired) electrons. The van der Waals surface area contributed by atoms with Gasteiger partial charge in [-0.3, -0.25) is 0 Å². The fraction of sp³-hybridized carbons (Fsp3) is 0.529. The number of rotatable bonds is 6. The fourth-order valence-corrected chi connectivity index (χ4v) is 4.30. The minimum atomic E-state index is -3.27. The summed E-state index contributed by atoms with van der Waals surface area (Å²) in [5, 5.41) is 0. The Balaban J connectivity index is 2.06. The van der Waals surface area contributed by atoms with E-state index in [4.69, 9.17) is 4.74 Å². The van der Waals surface area contributed by atoms with Gasteiger partial charge in [0, 0.05) is 6.04 Å². The molecule has 0 bridgehead atoms. The van der Waals surface area contributed by atoms with Gasteiger partial charge < -0.3 is 4.74 Å². The third-order valence-electron chi connectivity index (χ3n) is 4.01. The molecule has 22 heavy (non-hydrogen) atoms. The van der Waals surface area contributed by atoms with Gasteiger partial charge in [0.25, 0.3) is 0 Å². The zero-order chi connectivity index (χ0) is 16.3. The van der Waals surface area contributed by atoms with E-state index in [2.05, 4.69) is 6.08 Å². The topological polar surface area (TPSA) is 46.6 Å². The second-order valence-electron chi connectivity index (χ2n) is 6.25. The van der Waals surface area contributed by atoms with Crippen LogP contribution in [0, 0.1) is 5.92 Å². The molecule has 0 aromatic heterocycles. The van der Waals surface area contributed by atoms with Crippen LogP contribution in [0.4, 0.5) is 0 Å². The molecule has 1 heterocycles. The molecule has 1 aromatic rings. The molecular weight excluding hydrogens is 298 g/mol. The Bertz CT molecular complexity index is 623. The van der Waals surface area contributed by atoms with Gasteiger partial charge in [-0.25, -0.2) is 8.42 Å². The van der Waals surface area contributed by atoms with Crippen LogP contribution in [0.1, 0.15) is 26.3 Å². The molecule has 2 rings (SSSR count). The maximum Gasteiger partial charge on any atom is 0.212 e. The van der Waals surface area contributed by atoms with Gasteiger partial charge >= 0.3 is 0 Å². The summed E-state index contributed by atoms with van der Waals surface area (Å²) >= 11 is 0. The largest absolute Gasteiger partial charge is 0.375 e. The average molecular weight is 323 g/mol. The van der Waals surface area contributed by atoms with Gasteiger partial charge in [0.1, 0.15) is 0 Å². The Kier molecular flexibility index (Phi) is 5.42. The summed E-state index contributed by atoms with van der Waals surface area (Å²) in [5.41, 5.74) is 2.16. The number of ether oxygens (including phenoxy) is 1. The smallest absolute Gasteiger partial charge is 0.212 e. The summed E-state index contributed by atoms with van der Waals surface area (Å²) in [6, 6.07) is 9.62. The van der Waals surface area contributed by atoms with E-state index in [0.29, 0.717) is 13.2 Å². The van der Waals surface area contributed by atoms with Crippen LogP contribution in [0.3, 0.4) is 0 Å². The molecule has 0 fully saturated rings. The molecule has 1 aliphatic heterocycles. The van der Waals surface area contributed by atoms with Crippen molar-refractivity contribution in [2.24, 2.45) is 5.92 Å². The van der Waals surface area contributed by atoms with Crippen molar-refractivity contribution >= 4 is 10.0 Å². The Labute approximate surface area is 133 Å². The predicted octanol–water partition coefficient (Wildman–Crippen LogP) is 2.82.